The third kappa shape index (κ3) is 2.63. The summed E-state index contributed by atoms with van der Waals surface area (Å²) in [5, 5.41) is 13.6. The number of hydrogen-bond donors (Lipinski definition) is 2. The Morgan fingerprint density at radius 2 is 2.10 bits per heavy atom. The fraction of sp³-hybridized carbons (Fsp3) is 0.429. The van der Waals surface area contributed by atoms with Crippen LogP contribution >= 0.6 is 23.4 Å². The lowest BCUT2D eigenvalue weighted by molar-refractivity contribution is -0.131. The molecule has 2 fully saturated rings. The number of nitrogens with one attached hydrogen (secondary N) is 1. The van der Waals surface area contributed by atoms with E-state index in [0.717, 1.165) is 10.7 Å². The molecule has 0 bridgehead atoms. The van der Waals surface area contributed by atoms with Gasteiger partial charge in [-0.15, -0.1) is 0 Å². The Morgan fingerprint density at radius 3 is 2.71 bits per heavy atom. The lowest BCUT2D eigenvalue weighted by Gasteiger charge is -2.21. The van der Waals surface area contributed by atoms with Crippen molar-refractivity contribution >= 4 is 35.3 Å². The number of amides is 3. The number of imide groups is 1. The zero-order chi connectivity index (χ0) is 15.0. The fourth-order valence-corrected chi connectivity index (χ4v) is 4.09. The molecule has 21 heavy (non-hydrogen) atoms. The Morgan fingerprint density at radius 1 is 1.38 bits per heavy atom. The first kappa shape index (κ1) is 14.7. The second-order valence-electron chi connectivity index (χ2n) is 5.30. The van der Waals surface area contributed by atoms with Gasteiger partial charge in [-0.1, -0.05) is 23.7 Å². The molecule has 2 atom stereocenters. The molecule has 2 aliphatic heterocycles. The average Bonchev–Trinajstić information content (AvgIpc) is 3.01. The highest BCUT2D eigenvalue weighted by Gasteiger charge is 2.53. The average molecular weight is 327 g/mol. The van der Waals surface area contributed by atoms with Crippen LogP contribution in [0.4, 0.5) is 4.79 Å². The lowest BCUT2D eigenvalue weighted by Crippen LogP contribution is -2.47. The Kier molecular flexibility index (Phi) is 3.86. The predicted octanol–water partition coefficient (Wildman–Crippen LogP) is 1.80. The highest BCUT2D eigenvalue weighted by Crippen LogP contribution is 2.34. The largest absolute Gasteiger partial charge is 0.387 e. The second kappa shape index (κ2) is 5.51. The van der Waals surface area contributed by atoms with Crippen molar-refractivity contribution in [3.05, 3.63) is 34.9 Å². The maximum absolute atomic E-state index is 12.5. The van der Waals surface area contributed by atoms with E-state index in [-0.39, 0.29) is 12.5 Å². The zero-order valence-electron chi connectivity index (χ0n) is 11.2. The van der Waals surface area contributed by atoms with Crippen LogP contribution in [0.3, 0.4) is 0 Å². The van der Waals surface area contributed by atoms with Gasteiger partial charge in [-0.25, -0.2) is 4.79 Å². The van der Waals surface area contributed by atoms with Gasteiger partial charge in [0, 0.05) is 10.8 Å². The van der Waals surface area contributed by atoms with Crippen LogP contribution < -0.4 is 5.32 Å². The van der Waals surface area contributed by atoms with Gasteiger partial charge in [0.15, 0.2) is 0 Å². The third-order valence-corrected chi connectivity index (χ3v) is 5.32. The molecular formula is C14H15ClN2O3S. The van der Waals surface area contributed by atoms with Gasteiger partial charge in [0.2, 0.25) is 0 Å². The van der Waals surface area contributed by atoms with E-state index >= 15 is 0 Å². The van der Waals surface area contributed by atoms with E-state index in [2.05, 4.69) is 5.32 Å². The summed E-state index contributed by atoms with van der Waals surface area (Å²) in [6, 6.07) is 6.29. The van der Waals surface area contributed by atoms with Crippen LogP contribution in [0.25, 0.3) is 0 Å². The molecule has 0 aromatic heterocycles. The standard InChI is InChI=1S/C14H15ClN2O3S/c15-10-3-1-9(2-4-10)11(18)7-17-12(19)14(16-13(17)20)5-6-21-8-14/h1-4,11,18H,5-8H2,(H,16,20)/t11-,14-/m0/s1. The molecule has 7 heteroatoms. The van der Waals surface area contributed by atoms with Crippen molar-refractivity contribution < 1.29 is 14.7 Å². The van der Waals surface area contributed by atoms with Crippen molar-refractivity contribution in [2.75, 3.05) is 18.1 Å². The number of hydrogen-bond acceptors (Lipinski definition) is 4. The monoisotopic (exact) mass is 326 g/mol. The summed E-state index contributed by atoms with van der Waals surface area (Å²) in [4.78, 5) is 25.6. The summed E-state index contributed by atoms with van der Waals surface area (Å²) in [6.45, 7) is -0.0429. The molecule has 2 heterocycles. The van der Waals surface area contributed by atoms with E-state index in [4.69, 9.17) is 11.6 Å². The lowest BCUT2D eigenvalue weighted by atomic mass is 9.99. The Bertz CT molecular complexity index is 572. The molecule has 1 spiro atoms. The molecule has 5 nitrogen and oxygen atoms in total. The summed E-state index contributed by atoms with van der Waals surface area (Å²) in [7, 11) is 0. The molecule has 2 aliphatic rings. The van der Waals surface area contributed by atoms with Crippen LogP contribution in [0.1, 0.15) is 18.1 Å². The summed E-state index contributed by atoms with van der Waals surface area (Å²) in [5.74, 6) is 1.23. The maximum atomic E-state index is 12.5. The molecule has 0 saturated carbocycles. The molecule has 0 radical (unpaired) electrons. The van der Waals surface area contributed by atoms with Gasteiger partial charge in [-0.05, 0) is 29.9 Å². The van der Waals surface area contributed by atoms with Crippen molar-refractivity contribution in [2.45, 2.75) is 18.1 Å². The van der Waals surface area contributed by atoms with Gasteiger partial charge in [0.25, 0.3) is 5.91 Å². The minimum Gasteiger partial charge on any atom is -0.387 e. The molecule has 1 aromatic rings. The van der Waals surface area contributed by atoms with E-state index in [1.54, 1.807) is 36.0 Å². The van der Waals surface area contributed by atoms with Gasteiger partial charge in [0.1, 0.15) is 5.54 Å². The molecule has 3 rings (SSSR count). The minimum atomic E-state index is -0.916. The molecule has 2 N–H and O–H groups in total. The fourth-order valence-electron chi connectivity index (χ4n) is 2.64. The Labute approximate surface area is 131 Å². The minimum absolute atomic E-state index is 0.0429. The quantitative estimate of drug-likeness (QED) is 0.831. The molecule has 0 aliphatic carbocycles. The number of carbonyl (C=O) groups excluding carboxylic acids is 2. The molecular weight excluding hydrogens is 312 g/mol. The predicted molar refractivity (Wildman–Crippen MR) is 81.3 cm³/mol. The van der Waals surface area contributed by atoms with Crippen LogP contribution in [0.5, 0.6) is 0 Å². The summed E-state index contributed by atoms with van der Waals surface area (Å²) >= 11 is 7.46. The van der Waals surface area contributed by atoms with Crippen molar-refractivity contribution in [1.82, 2.24) is 10.2 Å². The smallest absolute Gasteiger partial charge is 0.325 e. The van der Waals surface area contributed by atoms with Crippen LogP contribution in [0.15, 0.2) is 24.3 Å². The van der Waals surface area contributed by atoms with Gasteiger partial charge in [0.05, 0.1) is 12.6 Å². The number of aliphatic hydroxyl groups is 1. The topological polar surface area (TPSA) is 69.6 Å². The summed E-state index contributed by atoms with van der Waals surface area (Å²) in [5.41, 5.74) is -0.136. The molecule has 1 aromatic carbocycles. The first-order valence-corrected chi connectivity index (χ1v) is 8.20. The van der Waals surface area contributed by atoms with Gasteiger partial charge >= 0.3 is 6.03 Å². The van der Waals surface area contributed by atoms with Gasteiger partial charge in [-0.2, -0.15) is 11.8 Å². The Balaban J connectivity index is 1.74. The van der Waals surface area contributed by atoms with Crippen molar-refractivity contribution in [1.29, 1.82) is 0 Å². The normalized spacial score (nSPS) is 26.5. The number of thioether (sulfide) groups is 1. The van der Waals surface area contributed by atoms with E-state index in [9.17, 15) is 14.7 Å². The molecule has 112 valence electrons. The van der Waals surface area contributed by atoms with Crippen molar-refractivity contribution in [2.24, 2.45) is 0 Å². The number of aliphatic hydroxyl groups excluding tert-OH is 1. The summed E-state index contributed by atoms with van der Waals surface area (Å²) in [6.07, 6.45) is -0.267. The highest BCUT2D eigenvalue weighted by atomic mass is 35.5. The van der Waals surface area contributed by atoms with Crippen LogP contribution in [0, 0.1) is 0 Å². The van der Waals surface area contributed by atoms with Crippen LogP contribution in [-0.2, 0) is 4.79 Å². The Hall–Kier alpha value is -1.24. The SMILES string of the molecule is O=C1N[C@]2(CCSC2)C(=O)N1C[C@H](O)c1ccc(Cl)cc1. The number of benzene rings is 1. The first-order chi connectivity index (χ1) is 10.0. The highest BCUT2D eigenvalue weighted by molar-refractivity contribution is 7.99. The molecule has 0 unspecified atom stereocenters. The third-order valence-electron chi connectivity index (χ3n) is 3.88. The van der Waals surface area contributed by atoms with E-state index < -0.39 is 17.7 Å². The van der Waals surface area contributed by atoms with E-state index in [0.29, 0.717) is 22.8 Å². The van der Waals surface area contributed by atoms with Crippen LogP contribution in [0.2, 0.25) is 5.02 Å². The molecule has 3 amide bonds. The number of halogens is 1. The number of rotatable bonds is 3. The van der Waals surface area contributed by atoms with E-state index in [1.807, 2.05) is 0 Å². The van der Waals surface area contributed by atoms with Gasteiger partial charge < -0.3 is 10.4 Å². The first-order valence-electron chi connectivity index (χ1n) is 6.67. The number of carbonyl (C=O) groups is 2. The zero-order valence-corrected chi connectivity index (χ0v) is 12.8. The van der Waals surface area contributed by atoms with Crippen molar-refractivity contribution in [3.8, 4) is 0 Å². The van der Waals surface area contributed by atoms with Crippen LogP contribution in [-0.4, -0.2) is 45.5 Å². The summed E-state index contributed by atoms with van der Waals surface area (Å²) < 4.78 is 0. The number of nitrogens with zero attached hydrogens (tertiary/aromatic N) is 1. The molecule has 2 saturated heterocycles. The number of β-amino-alcohol motifs (C(OH)–C–C–N with tert-alkyl or cyclic N) is 1. The van der Waals surface area contributed by atoms with E-state index in [1.165, 1.54) is 0 Å². The second-order valence-corrected chi connectivity index (χ2v) is 6.84. The number of urea groups is 1. The maximum Gasteiger partial charge on any atom is 0.325 e. The van der Waals surface area contributed by atoms with Gasteiger partial charge in [-0.3, -0.25) is 9.69 Å². The van der Waals surface area contributed by atoms with Crippen molar-refractivity contribution in [3.63, 3.8) is 0 Å².